The third-order valence-electron chi connectivity index (χ3n) is 2.37. The predicted molar refractivity (Wildman–Crippen MR) is 66.3 cm³/mol. The third kappa shape index (κ3) is 3.66. The lowest BCUT2D eigenvalue weighted by molar-refractivity contribution is -0.119. The second-order valence-corrected chi connectivity index (χ2v) is 4.17. The number of nitrogens with zero attached hydrogens (tertiary/aromatic N) is 4. The molecule has 0 N–H and O–H groups in total. The van der Waals surface area contributed by atoms with E-state index in [2.05, 4.69) is 15.0 Å². The largest absolute Gasteiger partial charge is 0.405 e. The minimum atomic E-state index is -4.31. The molecule has 0 fully saturated rings. The Morgan fingerprint density at radius 2 is 1.89 bits per heavy atom. The first kappa shape index (κ1) is 13.8. The molecule has 19 heavy (non-hydrogen) atoms. The lowest BCUT2D eigenvalue weighted by Gasteiger charge is -2.23. The van der Waals surface area contributed by atoms with Gasteiger partial charge in [-0.3, -0.25) is 4.98 Å². The van der Waals surface area contributed by atoms with Crippen LogP contribution in [0.15, 0.2) is 24.5 Å². The van der Waals surface area contributed by atoms with Crippen LogP contribution >= 0.6 is 11.6 Å². The number of hydrogen-bond donors (Lipinski definition) is 0. The number of alkyl halides is 4. The topological polar surface area (TPSA) is 41.9 Å². The highest BCUT2D eigenvalue weighted by atomic mass is 35.5. The fraction of sp³-hybridized carbons (Fsp3) is 0.364. The van der Waals surface area contributed by atoms with Gasteiger partial charge >= 0.3 is 6.18 Å². The smallest absolute Gasteiger partial charge is 0.346 e. The van der Waals surface area contributed by atoms with Crippen molar-refractivity contribution in [2.24, 2.45) is 0 Å². The number of rotatable bonds is 4. The van der Waals surface area contributed by atoms with Crippen molar-refractivity contribution in [3.8, 4) is 0 Å². The molecule has 0 saturated carbocycles. The monoisotopic (exact) mass is 290 g/mol. The summed E-state index contributed by atoms with van der Waals surface area (Å²) in [6, 6.07) is 3.07. The van der Waals surface area contributed by atoms with Gasteiger partial charge < -0.3 is 4.90 Å². The molecule has 2 aromatic rings. The third-order valence-corrected chi connectivity index (χ3v) is 2.53. The van der Waals surface area contributed by atoms with Crippen molar-refractivity contribution in [3.63, 3.8) is 0 Å². The minimum absolute atomic E-state index is 0.0554. The number of hydrogen-bond acceptors (Lipinski definition) is 4. The van der Waals surface area contributed by atoms with Crippen LogP contribution in [-0.2, 0) is 0 Å². The number of halogens is 4. The highest BCUT2D eigenvalue weighted by Gasteiger charge is 2.31. The van der Waals surface area contributed by atoms with E-state index in [1.807, 2.05) is 0 Å². The first-order valence-corrected chi connectivity index (χ1v) is 5.98. The summed E-state index contributed by atoms with van der Waals surface area (Å²) in [6.45, 7) is -1.04. The van der Waals surface area contributed by atoms with Crippen LogP contribution in [0.5, 0.6) is 0 Å². The van der Waals surface area contributed by atoms with Gasteiger partial charge in [0.1, 0.15) is 17.9 Å². The summed E-state index contributed by atoms with van der Waals surface area (Å²) in [4.78, 5) is 13.1. The van der Waals surface area contributed by atoms with Gasteiger partial charge in [0, 0.05) is 24.8 Å². The summed E-state index contributed by atoms with van der Waals surface area (Å²) in [5.74, 6) is 0.266. The molecular formula is C11H10ClF3N4. The summed E-state index contributed by atoms with van der Waals surface area (Å²) in [7, 11) is 0. The lowest BCUT2D eigenvalue weighted by atomic mass is 10.3. The zero-order valence-electron chi connectivity index (χ0n) is 9.73. The number of aromatic nitrogens is 3. The molecule has 8 heteroatoms. The Hall–Kier alpha value is -1.63. The van der Waals surface area contributed by atoms with Crippen LogP contribution < -0.4 is 4.90 Å². The first-order valence-electron chi connectivity index (χ1n) is 5.45. The van der Waals surface area contributed by atoms with E-state index in [0.29, 0.717) is 11.2 Å². The number of fused-ring (bicyclic) bond motifs is 1. The predicted octanol–water partition coefficient (Wildman–Crippen LogP) is 2.63. The van der Waals surface area contributed by atoms with Crippen molar-refractivity contribution >= 4 is 28.6 Å². The van der Waals surface area contributed by atoms with Gasteiger partial charge in [-0.25, -0.2) is 9.97 Å². The van der Waals surface area contributed by atoms with Crippen LogP contribution in [0.25, 0.3) is 11.2 Å². The van der Waals surface area contributed by atoms with Gasteiger partial charge in [0.05, 0.1) is 0 Å². The summed E-state index contributed by atoms with van der Waals surface area (Å²) < 4.78 is 37.5. The van der Waals surface area contributed by atoms with Crippen molar-refractivity contribution < 1.29 is 13.2 Å². The highest BCUT2D eigenvalue weighted by molar-refractivity contribution is 6.18. The molecule has 0 aliphatic heterocycles. The molecular weight excluding hydrogens is 281 g/mol. The van der Waals surface area contributed by atoms with Gasteiger partial charge in [0.25, 0.3) is 0 Å². The fourth-order valence-corrected chi connectivity index (χ4v) is 1.82. The maximum atomic E-state index is 12.5. The summed E-state index contributed by atoms with van der Waals surface area (Å²) in [5, 5.41) is 0. The summed E-state index contributed by atoms with van der Waals surface area (Å²) >= 11 is 5.53. The van der Waals surface area contributed by atoms with Crippen molar-refractivity contribution in [2.75, 3.05) is 23.9 Å². The average molecular weight is 291 g/mol. The van der Waals surface area contributed by atoms with E-state index in [9.17, 15) is 13.2 Å². The van der Waals surface area contributed by atoms with Crippen LogP contribution in [0, 0.1) is 0 Å². The Bertz CT molecular complexity index is 561. The van der Waals surface area contributed by atoms with Gasteiger partial charge in [-0.05, 0) is 12.1 Å². The van der Waals surface area contributed by atoms with Crippen LogP contribution in [0.1, 0.15) is 0 Å². The molecule has 4 nitrogen and oxygen atoms in total. The maximum absolute atomic E-state index is 12.5. The molecule has 0 radical (unpaired) electrons. The molecule has 0 atom stereocenters. The van der Waals surface area contributed by atoms with Crippen molar-refractivity contribution in [3.05, 3.63) is 24.5 Å². The lowest BCUT2D eigenvalue weighted by Crippen LogP contribution is -2.36. The second-order valence-electron chi connectivity index (χ2n) is 3.79. The second kappa shape index (κ2) is 5.56. The molecule has 0 aliphatic carbocycles. The molecule has 0 unspecified atom stereocenters. The molecule has 102 valence electrons. The Morgan fingerprint density at radius 3 is 2.58 bits per heavy atom. The summed E-state index contributed by atoms with van der Waals surface area (Å²) in [5.41, 5.74) is 0.839. The molecule has 0 saturated heterocycles. The van der Waals surface area contributed by atoms with Crippen LogP contribution in [-0.4, -0.2) is 40.1 Å². The van der Waals surface area contributed by atoms with Gasteiger partial charge in [0.2, 0.25) is 0 Å². The molecule has 0 bridgehead atoms. The Balaban J connectivity index is 2.33. The standard InChI is InChI=1S/C11H10ClF3N4/c12-3-6-19(7-11(13,14)15)9-2-1-8-10(18-9)17-5-4-16-8/h1-2,4-5H,3,6-7H2. The zero-order chi connectivity index (χ0) is 13.9. The van der Waals surface area contributed by atoms with Crippen molar-refractivity contribution in [2.45, 2.75) is 6.18 Å². The molecule has 2 aromatic heterocycles. The van der Waals surface area contributed by atoms with Gasteiger partial charge in [0.15, 0.2) is 5.65 Å². The van der Waals surface area contributed by atoms with E-state index in [0.717, 1.165) is 4.90 Å². The van der Waals surface area contributed by atoms with E-state index < -0.39 is 12.7 Å². The van der Waals surface area contributed by atoms with Crippen LogP contribution in [0.3, 0.4) is 0 Å². The van der Waals surface area contributed by atoms with Gasteiger partial charge in [-0.1, -0.05) is 0 Å². The Labute approximate surface area is 112 Å². The van der Waals surface area contributed by atoms with E-state index >= 15 is 0 Å². The molecule has 2 rings (SSSR count). The molecule has 0 aromatic carbocycles. The van der Waals surface area contributed by atoms with E-state index in [1.54, 1.807) is 6.07 Å². The molecule has 0 amide bonds. The van der Waals surface area contributed by atoms with Crippen LogP contribution in [0.4, 0.5) is 19.0 Å². The van der Waals surface area contributed by atoms with Crippen molar-refractivity contribution in [1.82, 2.24) is 15.0 Å². The van der Waals surface area contributed by atoms with Crippen molar-refractivity contribution in [1.29, 1.82) is 0 Å². The molecule has 0 aliphatic rings. The average Bonchev–Trinajstić information content (AvgIpc) is 2.36. The normalized spacial score (nSPS) is 11.8. The summed E-state index contributed by atoms with van der Waals surface area (Å²) in [6.07, 6.45) is -1.38. The molecule has 2 heterocycles. The quantitative estimate of drug-likeness (QED) is 0.812. The van der Waals surface area contributed by atoms with Gasteiger partial charge in [-0.15, -0.1) is 11.6 Å². The number of anilines is 1. The Morgan fingerprint density at radius 1 is 1.16 bits per heavy atom. The molecule has 0 spiro atoms. The first-order chi connectivity index (χ1) is 8.99. The highest BCUT2D eigenvalue weighted by Crippen LogP contribution is 2.21. The van der Waals surface area contributed by atoms with E-state index in [1.165, 1.54) is 18.5 Å². The van der Waals surface area contributed by atoms with E-state index in [4.69, 9.17) is 11.6 Å². The maximum Gasteiger partial charge on any atom is 0.405 e. The van der Waals surface area contributed by atoms with E-state index in [-0.39, 0.29) is 18.2 Å². The fourth-order valence-electron chi connectivity index (χ4n) is 1.61. The minimum Gasteiger partial charge on any atom is -0.346 e. The SMILES string of the molecule is FC(F)(F)CN(CCCl)c1ccc2nccnc2n1. The Kier molecular flexibility index (Phi) is 4.04. The van der Waals surface area contributed by atoms with Crippen LogP contribution in [0.2, 0.25) is 0 Å². The number of pyridine rings is 1. The zero-order valence-corrected chi connectivity index (χ0v) is 10.5. The van der Waals surface area contributed by atoms with Gasteiger partial charge in [-0.2, -0.15) is 13.2 Å².